The number of piperidine rings is 1. The first kappa shape index (κ1) is 32.8. The van der Waals surface area contributed by atoms with Crippen molar-refractivity contribution in [3.63, 3.8) is 0 Å². The van der Waals surface area contributed by atoms with Gasteiger partial charge in [0.1, 0.15) is 5.75 Å². The monoisotopic (exact) mass is 635 g/mol. The molecule has 3 heterocycles. The quantitative estimate of drug-likeness (QED) is 0.190. The molecule has 1 aliphatic carbocycles. The van der Waals surface area contributed by atoms with Crippen molar-refractivity contribution in [2.45, 2.75) is 64.1 Å². The molecule has 6 rings (SSSR count). The number of carbonyl (C=O) groups is 2. The SMILES string of the molecule is CCC1=C([C@H](O)CC/C(=C/c2ccc(O)cc2)c2ccccn2)[C@H](CO)[C@@H]2C(=O)N(C3CCN(Cc4ccccc4)CC3)C(=O)[C@@H]2C1. The minimum atomic E-state index is -0.881. The molecule has 2 saturated heterocycles. The number of imide groups is 1. The Morgan fingerprint density at radius 3 is 2.36 bits per heavy atom. The molecule has 0 spiro atoms. The van der Waals surface area contributed by atoms with Gasteiger partial charge in [-0.05, 0) is 91.1 Å². The van der Waals surface area contributed by atoms with Gasteiger partial charge in [-0.1, -0.05) is 61.0 Å². The Morgan fingerprint density at radius 1 is 0.979 bits per heavy atom. The molecular formula is C39H45N3O5. The van der Waals surface area contributed by atoms with E-state index in [1.165, 1.54) is 10.5 Å². The lowest BCUT2D eigenvalue weighted by Crippen LogP contribution is -2.47. The maximum Gasteiger partial charge on any atom is 0.234 e. The highest BCUT2D eigenvalue weighted by atomic mass is 16.3. The summed E-state index contributed by atoms with van der Waals surface area (Å²) in [6.07, 6.45) is 6.29. The van der Waals surface area contributed by atoms with Crippen molar-refractivity contribution in [1.29, 1.82) is 0 Å². The van der Waals surface area contributed by atoms with Gasteiger partial charge in [0.15, 0.2) is 0 Å². The predicted molar refractivity (Wildman–Crippen MR) is 182 cm³/mol. The summed E-state index contributed by atoms with van der Waals surface area (Å²) in [5.41, 5.74) is 5.58. The number of aliphatic hydroxyl groups is 2. The molecule has 2 aromatic carbocycles. The summed E-state index contributed by atoms with van der Waals surface area (Å²) in [5.74, 6) is -1.87. The van der Waals surface area contributed by atoms with Crippen molar-refractivity contribution < 1.29 is 24.9 Å². The fraction of sp³-hybridized carbons (Fsp3) is 0.410. The summed E-state index contributed by atoms with van der Waals surface area (Å²) < 4.78 is 0. The summed E-state index contributed by atoms with van der Waals surface area (Å²) in [7, 11) is 0. The number of phenolic OH excluding ortho intramolecular Hbond substituents is 1. The van der Waals surface area contributed by atoms with Gasteiger partial charge in [0, 0.05) is 37.8 Å². The minimum Gasteiger partial charge on any atom is -0.508 e. The number of hydrogen-bond acceptors (Lipinski definition) is 7. The summed E-state index contributed by atoms with van der Waals surface area (Å²) in [5, 5.41) is 32.2. The van der Waals surface area contributed by atoms with Crippen LogP contribution in [0.15, 0.2) is 90.1 Å². The summed E-state index contributed by atoms with van der Waals surface area (Å²) in [4.78, 5) is 36.4. The highest BCUT2D eigenvalue weighted by Gasteiger charge is 2.56. The Morgan fingerprint density at radius 2 is 1.70 bits per heavy atom. The van der Waals surface area contributed by atoms with Crippen LogP contribution in [0.2, 0.25) is 0 Å². The molecule has 47 heavy (non-hydrogen) atoms. The van der Waals surface area contributed by atoms with Gasteiger partial charge in [0.25, 0.3) is 0 Å². The van der Waals surface area contributed by atoms with E-state index in [0.717, 1.165) is 60.5 Å². The molecule has 246 valence electrons. The molecule has 3 N–H and O–H groups in total. The molecule has 0 unspecified atom stereocenters. The van der Waals surface area contributed by atoms with Gasteiger partial charge < -0.3 is 15.3 Å². The fourth-order valence-electron chi connectivity index (χ4n) is 7.91. The van der Waals surface area contributed by atoms with Crippen LogP contribution in [0.5, 0.6) is 5.75 Å². The number of benzene rings is 2. The second-order valence-corrected chi connectivity index (χ2v) is 13.1. The topological polar surface area (TPSA) is 114 Å². The van der Waals surface area contributed by atoms with E-state index in [2.05, 4.69) is 22.0 Å². The third-order valence-corrected chi connectivity index (χ3v) is 10.3. The lowest BCUT2D eigenvalue weighted by molar-refractivity contribution is -0.144. The van der Waals surface area contributed by atoms with Gasteiger partial charge >= 0.3 is 0 Å². The molecule has 4 atom stereocenters. The number of rotatable bonds is 11. The molecule has 8 nitrogen and oxygen atoms in total. The van der Waals surface area contributed by atoms with Crippen molar-refractivity contribution in [2.75, 3.05) is 19.7 Å². The number of nitrogens with zero attached hydrogens (tertiary/aromatic N) is 3. The highest BCUT2D eigenvalue weighted by molar-refractivity contribution is 6.06. The Kier molecular flexibility index (Phi) is 10.3. The Bertz CT molecular complexity index is 1600. The normalized spacial score (nSPS) is 23.3. The molecule has 0 saturated carbocycles. The van der Waals surface area contributed by atoms with Crippen LogP contribution in [0.4, 0.5) is 0 Å². The average molecular weight is 636 g/mol. The molecule has 2 fully saturated rings. The number of phenols is 1. The largest absolute Gasteiger partial charge is 0.508 e. The average Bonchev–Trinajstić information content (AvgIpc) is 3.36. The van der Waals surface area contributed by atoms with Crippen molar-refractivity contribution >= 4 is 23.5 Å². The summed E-state index contributed by atoms with van der Waals surface area (Å²) >= 11 is 0. The molecule has 8 heteroatoms. The van der Waals surface area contributed by atoms with Gasteiger partial charge in [-0.15, -0.1) is 0 Å². The van der Waals surface area contributed by atoms with Crippen LogP contribution in [0, 0.1) is 17.8 Å². The molecule has 2 amide bonds. The zero-order valence-corrected chi connectivity index (χ0v) is 27.0. The highest BCUT2D eigenvalue weighted by Crippen LogP contribution is 2.48. The van der Waals surface area contributed by atoms with E-state index in [-0.39, 0.29) is 30.2 Å². The van der Waals surface area contributed by atoms with E-state index in [1.807, 2.05) is 61.5 Å². The van der Waals surface area contributed by atoms with Crippen molar-refractivity contribution in [3.8, 4) is 5.75 Å². The molecular weight excluding hydrogens is 590 g/mol. The summed E-state index contributed by atoms with van der Waals surface area (Å²) in [6, 6.07) is 22.8. The van der Waals surface area contributed by atoms with E-state index in [1.54, 1.807) is 18.3 Å². The van der Waals surface area contributed by atoms with E-state index in [0.29, 0.717) is 25.7 Å². The van der Waals surface area contributed by atoms with Crippen LogP contribution in [0.3, 0.4) is 0 Å². The van der Waals surface area contributed by atoms with E-state index in [9.17, 15) is 24.9 Å². The zero-order valence-electron chi connectivity index (χ0n) is 27.0. The second kappa shape index (κ2) is 14.8. The van der Waals surface area contributed by atoms with Crippen LogP contribution in [0.25, 0.3) is 11.6 Å². The lowest BCUT2D eigenvalue weighted by Gasteiger charge is -2.37. The third-order valence-electron chi connectivity index (χ3n) is 10.3. The Balaban J connectivity index is 1.17. The first-order valence-corrected chi connectivity index (χ1v) is 16.9. The molecule has 2 aliphatic heterocycles. The van der Waals surface area contributed by atoms with Gasteiger partial charge in [0.2, 0.25) is 11.8 Å². The Hall–Kier alpha value is -4.11. The van der Waals surface area contributed by atoms with Crippen molar-refractivity contribution in [1.82, 2.24) is 14.8 Å². The number of aromatic hydroxyl groups is 1. The number of carbonyl (C=O) groups excluding carboxylic acids is 2. The van der Waals surface area contributed by atoms with E-state index >= 15 is 0 Å². The number of aromatic nitrogens is 1. The number of hydrogen-bond donors (Lipinski definition) is 3. The maximum atomic E-state index is 14.1. The third kappa shape index (κ3) is 7.10. The minimum absolute atomic E-state index is 0.117. The number of likely N-dealkylation sites (tertiary alicyclic amines) is 2. The molecule has 3 aromatic rings. The number of aliphatic hydroxyl groups excluding tert-OH is 2. The van der Waals surface area contributed by atoms with Gasteiger partial charge in [-0.3, -0.25) is 24.4 Å². The molecule has 0 bridgehead atoms. The van der Waals surface area contributed by atoms with E-state index in [4.69, 9.17) is 0 Å². The lowest BCUT2D eigenvalue weighted by atomic mass is 9.67. The number of allylic oxidation sites excluding steroid dienone is 2. The number of pyridine rings is 1. The summed E-state index contributed by atoms with van der Waals surface area (Å²) in [6.45, 7) is 4.20. The zero-order chi connectivity index (χ0) is 32.9. The van der Waals surface area contributed by atoms with Crippen LogP contribution in [0.1, 0.15) is 62.3 Å². The second-order valence-electron chi connectivity index (χ2n) is 13.1. The number of fused-ring (bicyclic) bond motifs is 1. The molecule has 0 radical (unpaired) electrons. The van der Waals surface area contributed by atoms with E-state index < -0.39 is 23.9 Å². The fourth-order valence-corrected chi connectivity index (χ4v) is 7.91. The standard InChI is InChI=1S/C39H45N3O5/c1-2-28-23-32-37(39(47)42(38(32)46)30-17-20-41(21-18-30)24-27-8-4-3-5-9-27)33(25-43)36(28)35(45)16-13-29(34-10-6-7-19-40-34)22-26-11-14-31(44)15-12-26/h3-12,14-15,19,22,30,32-33,35,37,43-45H,2,13,16-18,20-21,23-25H2,1H3/b29-22-/t32-,33+,35-,37-/m1/s1. The molecule has 3 aliphatic rings. The smallest absolute Gasteiger partial charge is 0.234 e. The van der Waals surface area contributed by atoms with Crippen LogP contribution < -0.4 is 0 Å². The van der Waals surface area contributed by atoms with Crippen LogP contribution in [-0.4, -0.2) is 73.8 Å². The first-order chi connectivity index (χ1) is 22.9. The van der Waals surface area contributed by atoms with Crippen LogP contribution >= 0.6 is 0 Å². The predicted octanol–water partition coefficient (Wildman–Crippen LogP) is 5.45. The Labute approximate surface area is 277 Å². The van der Waals surface area contributed by atoms with Gasteiger partial charge in [-0.2, -0.15) is 0 Å². The maximum absolute atomic E-state index is 14.1. The molecule has 1 aromatic heterocycles. The number of amides is 2. The van der Waals surface area contributed by atoms with Crippen molar-refractivity contribution in [3.05, 3.63) is 107 Å². The van der Waals surface area contributed by atoms with Crippen LogP contribution in [-0.2, 0) is 16.1 Å². The van der Waals surface area contributed by atoms with Crippen molar-refractivity contribution in [2.24, 2.45) is 17.8 Å². The first-order valence-electron chi connectivity index (χ1n) is 16.9. The van der Waals surface area contributed by atoms with Gasteiger partial charge in [0.05, 0.1) is 30.2 Å². The van der Waals surface area contributed by atoms with Gasteiger partial charge in [-0.25, -0.2) is 0 Å².